The lowest BCUT2D eigenvalue weighted by Crippen LogP contribution is -2.22. The number of hydrogen-bond donors (Lipinski definition) is 2. The number of anilines is 2. The molecule has 4 nitrogen and oxygen atoms in total. The largest absolute Gasteiger partial charge is 0.405 e. The number of nitrogens with one attached hydrogen (secondary N) is 1. The predicted molar refractivity (Wildman–Crippen MR) is 55.1 cm³/mol. The third kappa shape index (κ3) is 3.92. The summed E-state index contributed by atoms with van der Waals surface area (Å²) in [5, 5.41) is 2.16. The fourth-order valence-corrected chi connectivity index (χ4v) is 1.02. The highest BCUT2D eigenvalue weighted by Gasteiger charge is 2.26. The Morgan fingerprint density at radius 2 is 2.00 bits per heavy atom. The molecule has 0 spiro atoms. The molecular formula is C9H13F3N4. The Balaban J connectivity index is 2.81. The second-order valence-electron chi connectivity index (χ2n) is 3.66. The number of aromatic nitrogens is 2. The summed E-state index contributed by atoms with van der Waals surface area (Å²) in [5.41, 5.74) is 5.46. The van der Waals surface area contributed by atoms with Crippen molar-refractivity contribution in [1.29, 1.82) is 0 Å². The molecule has 0 bridgehead atoms. The molecule has 16 heavy (non-hydrogen) atoms. The zero-order valence-corrected chi connectivity index (χ0v) is 8.97. The first kappa shape index (κ1) is 12.5. The molecule has 3 N–H and O–H groups in total. The van der Waals surface area contributed by atoms with Crippen LogP contribution in [0, 0.1) is 0 Å². The fraction of sp³-hybridized carbons (Fsp3) is 0.556. The molecule has 0 aliphatic rings. The molecular weight excluding hydrogens is 221 g/mol. The minimum absolute atomic E-state index is 0.00920. The van der Waals surface area contributed by atoms with Crippen LogP contribution < -0.4 is 11.1 Å². The van der Waals surface area contributed by atoms with Crippen LogP contribution >= 0.6 is 0 Å². The monoisotopic (exact) mass is 234 g/mol. The Hall–Kier alpha value is -1.53. The van der Waals surface area contributed by atoms with Crippen molar-refractivity contribution in [1.82, 2.24) is 9.97 Å². The van der Waals surface area contributed by atoms with Gasteiger partial charge in [-0.15, -0.1) is 0 Å². The van der Waals surface area contributed by atoms with E-state index in [2.05, 4.69) is 15.3 Å². The predicted octanol–water partition coefficient (Wildman–Crippen LogP) is 2.16. The third-order valence-corrected chi connectivity index (χ3v) is 1.75. The summed E-state index contributed by atoms with van der Waals surface area (Å²) in [5.74, 6) is 0.677. The zero-order chi connectivity index (χ0) is 12.3. The second-order valence-corrected chi connectivity index (χ2v) is 3.66. The number of alkyl halides is 3. The molecule has 90 valence electrons. The highest BCUT2D eigenvalue weighted by molar-refractivity contribution is 5.45. The van der Waals surface area contributed by atoms with Crippen LogP contribution in [0.4, 0.5) is 24.8 Å². The molecule has 1 aromatic rings. The Labute approximate surface area is 91.1 Å². The summed E-state index contributed by atoms with van der Waals surface area (Å²) in [4.78, 5) is 7.86. The molecule has 0 atom stereocenters. The molecule has 0 amide bonds. The van der Waals surface area contributed by atoms with Crippen molar-refractivity contribution in [3.05, 3.63) is 11.9 Å². The van der Waals surface area contributed by atoms with Gasteiger partial charge in [-0.2, -0.15) is 13.2 Å². The van der Waals surface area contributed by atoms with Gasteiger partial charge >= 0.3 is 6.18 Å². The summed E-state index contributed by atoms with van der Waals surface area (Å²) in [6.07, 6.45) is -4.28. The minimum Gasteiger partial charge on any atom is -0.384 e. The number of nitrogen functional groups attached to an aromatic ring is 1. The summed E-state index contributed by atoms with van der Waals surface area (Å²) in [6.45, 7) is 2.53. The normalized spacial score (nSPS) is 11.9. The topological polar surface area (TPSA) is 63.8 Å². The molecule has 0 saturated carbocycles. The van der Waals surface area contributed by atoms with Gasteiger partial charge in [-0.1, -0.05) is 13.8 Å². The van der Waals surface area contributed by atoms with Gasteiger partial charge < -0.3 is 11.1 Å². The minimum atomic E-state index is -4.28. The number of rotatable bonds is 3. The Morgan fingerprint density at radius 3 is 2.50 bits per heavy atom. The highest BCUT2D eigenvalue weighted by atomic mass is 19.4. The molecule has 1 aromatic heterocycles. The average Bonchev–Trinajstić information content (AvgIpc) is 2.13. The van der Waals surface area contributed by atoms with Crippen molar-refractivity contribution >= 4 is 11.6 Å². The SMILES string of the molecule is CC(C)c1nc(N)cc(NCC(F)(F)F)n1. The van der Waals surface area contributed by atoms with Crippen LogP contribution in [0.25, 0.3) is 0 Å². The van der Waals surface area contributed by atoms with E-state index < -0.39 is 12.7 Å². The van der Waals surface area contributed by atoms with Gasteiger partial charge in [-0.25, -0.2) is 9.97 Å². The Kier molecular flexibility index (Phi) is 3.56. The maximum Gasteiger partial charge on any atom is 0.405 e. The molecule has 0 aromatic carbocycles. The Bertz CT molecular complexity index is 362. The van der Waals surface area contributed by atoms with Crippen LogP contribution in [0.1, 0.15) is 25.6 Å². The third-order valence-electron chi connectivity index (χ3n) is 1.75. The van der Waals surface area contributed by atoms with Crippen LogP contribution in [-0.2, 0) is 0 Å². The van der Waals surface area contributed by atoms with Gasteiger partial charge in [0, 0.05) is 12.0 Å². The molecule has 0 unspecified atom stereocenters. The van der Waals surface area contributed by atoms with Crippen molar-refractivity contribution in [3.63, 3.8) is 0 Å². The summed E-state index contributed by atoms with van der Waals surface area (Å²) < 4.78 is 35.9. The molecule has 0 fully saturated rings. The molecule has 0 radical (unpaired) electrons. The van der Waals surface area contributed by atoms with Gasteiger partial charge in [-0.05, 0) is 0 Å². The van der Waals surface area contributed by atoms with Crippen LogP contribution in [0.5, 0.6) is 0 Å². The number of halogens is 3. The first-order valence-corrected chi connectivity index (χ1v) is 4.73. The lowest BCUT2D eigenvalue weighted by atomic mass is 10.2. The summed E-state index contributed by atoms with van der Waals surface area (Å²) >= 11 is 0. The number of nitrogens with two attached hydrogens (primary N) is 1. The lowest BCUT2D eigenvalue weighted by Gasteiger charge is -2.11. The quantitative estimate of drug-likeness (QED) is 0.841. The maximum absolute atomic E-state index is 12.0. The van der Waals surface area contributed by atoms with E-state index in [9.17, 15) is 13.2 Å². The van der Waals surface area contributed by atoms with Crippen LogP contribution in [0.2, 0.25) is 0 Å². The summed E-state index contributed by atoms with van der Waals surface area (Å²) in [7, 11) is 0. The van der Waals surface area contributed by atoms with Gasteiger partial charge in [-0.3, -0.25) is 0 Å². The van der Waals surface area contributed by atoms with Crippen molar-refractivity contribution in [2.24, 2.45) is 0 Å². The smallest absolute Gasteiger partial charge is 0.384 e. The van der Waals surface area contributed by atoms with Gasteiger partial charge in [0.05, 0.1) is 0 Å². The van der Waals surface area contributed by atoms with Gasteiger partial charge in [0.25, 0.3) is 0 Å². The average molecular weight is 234 g/mol. The summed E-state index contributed by atoms with van der Waals surface area (Å²) in [6, 6.07) is 1.28. The first-order valence-electron chi connectivity index (χ1n) is 4.73. The molecule has 0 aliphatic heterocycles. The molecule has 1 rings (SSSR count). The second kappa shape index (κ2) is 4.54. The van der Waals surface area contributed by atoms with E-state index >= 15 is 0 Å². The van der Waals surface area contributed by atoms with Crippen molar-refractivity contribution < 1.29 is 13.2 Å². The van der Waals surface area contributed by atoms with Crippen molar-refractivity contribution in [3.8, 4) is 0 Å². The molecule has 7 heteroatoms. The van der Waals surface area contributed by atoms with E-state index in [0.29, 0.717) is 5.82 Å². The van der Waals surface area contributed by atoms with E-state index in [4.69, 9.17) is 5.73 Å². The number of hydrogen-bond acceptors (Lipinski definition) is 4. The van der Waals surface area contributed by atoms with Crippen molar-refractivity contribution in [2.75, 3.05) is 17.6 Å². The first-order chi connectivity index (χ1) is 7.28. The van der Waals surface area contributed by atoms with Crippen LogP contribution in [-0.4, -0.2) is 22.7 Å². The highest BCUT2D eigenvalue weighted by Crippen LogP contribution is 2.18. The lowest BCUT2D eigenvalue weighted by molar-refractivity contribution is -0.115. The molecule has 0 aliphatic carbocycles. The Morgan fingerprint density at radius 1 is 1.38 bits per heavy atom. The van der Waals surface area contributed by atoms with E-state index in [1.807, 2.05) is 13.8 Å². The van der Waals surface area contributed by atoms with E-state index in [1.54, 1.807) is 0 Å². The van der Waals surface area contributed by atoms with Crippen LogP contribution in [0.15, 0.2) is 6.07 Å². The van der Waals surface area contributed by atoms with Crippen molar-refractivity contribution in [2.45, 2.75) is 25.9 Å². The van der Waals surface area contributed by atoms with E-state index in [0.717, 1.165) is 0 Å². The van der Waals surface area contributed by atoms with Gasteiger partial charge in [0.2, 0.25) is 0 Å². The van der Waals surface area contributed by atoms with E-state index in [1.165, 1.54) is 6.07 Å². The van der Waals surface area contributed by atoms with E-state index in [-0.39, 0.29) is 17.6 Å². The molecule has 0 saturated heterocycles. The van der Waals surface area contributed by atoms with Gasteiger partial charge in [0.1, 0.15) is 24.0 Å². The fourth-order valence-electron chi connectivity index (χ4n) is 1.02. The molecule has 1 heterocycles. The van der Waals surface area contributed by atoms with Crippen LogP contribution in [0.3, 0.4) is 0 Å². The number of nitrogens with zero attached hydrogens (tertiary/aromatic N) is 2. The standard InChI is InChI=1S/C9H13F3N4/c1-5(2)8-15-6(13)3-7(16-8)14-4-9(10,11)12/h3,5H,4H2,1-2H3,(H3,13,14,15,16). The zero-order valence-electron chi connectivity index (χ0n) is 8.97. The maximum atomic E-state index is 12.0. The van der Waals surface area contributed by atoms with Gasteiger partial charge in [0.15, 0.2) is 0 Å².